The maximum atomic E-state index is 5.66. The Kier molecular flexibility index (Phi) is 1.96. The molecule has 76 valence electrons. The summed E-state index contributed by atoms with van der Waals surface area (Å²) in [6.45, 7) is 0.810. The second-order valence-corrected chi connectivity index (χ2v) is 4.29. The van der Waals surface area contributed by atoms with Crippen LogP contribution in [-0.4, -0.2) is 11.5 Å². The number of nitrogens with zero attached hydrogens (tertiary/aromatic N) is 1. The summed E-state index contributed by atoms with van der Waals surface area (Å²) in [5.41, 5.74) is 8.15. The molecule has 2 N–H and O–H groups in total. The smallest absolute Gasteiger partial charge is 0.0704 e. The van der Waals surface area contributed by atoms with Crippen molar-refractivity contribution >= 4 is 10.9 Å². The summed E-state index contributed by atoms with van der Waals surface area (Å²) < 4.78 is 0. The summed E-state index contributed by atoms with van der Waals surface area (Å²) in [7, 11) is 0. The first-order valence-electron chi connectivity index (χ1n) is 5.43. The first kappa shape index (κ1) is 8.86. The number of nitrogens with two attached hydrogens (primary N) is 1. The van der Waals surface area contributed by atoms with Crippen LogP contribution in [0, 0.1) is 5.92 Å². The molecule has 0 radical (unpaired) electrons. The predicted octanol–water partition coefficient (Wildman–Crippen LogP) is 2.30. The third-order valence-electron chi connectivity index (χ3n) is 3.28. The number of benzene rings is 1. The molecular formula is C13H14N2. The lowest BCUT2D eigenvalue weighted by Gasteiger charge is -2.01. The van der Waals surface area contributed by atoms with Gasteiger partial charge in [-0.25, -0.2) is 0 Å². The van der Waals surface area contributed by atoms with Gasteiger partial charge in [-0.3, -0.25) is 4.98 Å². The molecule has 1 saturated carbocycles. The van der Waals surface area contributed by atoms with E-state index in [1.807, 2.05) is 12.3 Å². The van der Waals surface area contributed by atoms with Crippen molar-refractivity contribution in [1.29, 1.82) is 0 Å². The lowest BCUT2D eigenvalue weighted by Crippen LogP contribution is -2.01. The fraction of sp³-hybridized carbons (Fsp3) is 0.308. The van der Waals surface area contributed by atoms with Crippen molar-refractivity contribution in [3.63, 3.8) is 0 Å². The molecule has 1 aromatic carbocycles. The summed E-state index contributed by atoms with van der Waals surface area (Å²) in [5.74, 6) is 1.38. The molecule has 0 bridgehead atoms. The monoisotopic (exact) mass is 198 g/mol. The molecule has 1 fully saturated rings. The van der Waals surface area contributed by atoms with Crippen molar-refractivity contribution in [3.05, 3.63) is 42.1 Å². The van der Waals surface area contributed by atoms with Crippen LogP contribution in [-0.2, 0) is 0 Å². The van der Waals surface area contributed by atoms with E-state index in [2.05, 4.69) is 29.2 Å². The van der Waals surface area contributed by atoms with Crippen LogP contribution in [0.1, 0.15) is 17.9 Å². The van der Waals surface area contributed by atoms with Crippen molar-refractivity contribution in [3.8, 4) is 0 Å². The maximum absolute atomic E-state index is 5.66. The number of fused-ring (bicyclic) bond motifs is 1. The van der Waals surface area contributed by atoms with Gasteiger partial charge in [0.2, 0.25) is 0 Å². The van der Waals surface area contributed by atoms with Gasteiger partial charge in [0.15, 0.2) is 0 Å². The predicted molar refractivity (Wildman–Crippen MR) is 61.6 cm³/mol. The molecule has 1 aliphatic rings. The Balaban J connectivity index is 2.00. The molecule has 1 aromatic heterocycles. The summed E-state index contributed by atoms with van der Waals surface area (Å²) in [4.78, 5) is 4.37. The Labute approximate surface area is 89.1 Å². The average Bonchev–Trinajstić information content (AvgIpc) is 3.08. The number of hydrogen-bond acceptors (Lipinski definition) is 2. The fourth-order valence-electron chi connectivity index (χ4n) is 2.23. The molecule has 1 heterocycles. The minimum atomic E-state index is 0.682. The Morgan fingerprint density at radius 1 is 1.33 bits per heavy atom. The van der Waals surface area contributed by atoms with Crippen molar-refractivity contribution in [1.82, 2.24) is 4.98 Å². The number of aromatic nitrogens is 1. The Morgan fingerprint density at radius 3 is 3.07 bits per heavy atom. The highest BCUT2D eigenvalue weighted by Crippen LogP contribution is 2.46. The van der Waals surface area contributed by atoms with E-state index in [0.29, 0.717) is 11.8 Å². The van der Waals surface area contributed by atoms with E-state index in [1.54, 1.807) is 0 Å². The van der Waals surface area contributed by atoms with Crippen molar-refractivity contribution in [2.75, 3.05) is 6.54 Å². The third-order valence-corrected chi connectivity index (χ3v) is 3.28. The SMILES string of the molecule is NCC1CC1c1ccc2cccnc2c1. The molecule has 2 atom stereocenters. The van der Waals surface area contributed by atoms with E-state index in [0.717, 1.165) is 12.1 Å². The zero-order valence-electron chi connectivity index (χ0n) is 8.56. The van der Waals surface area contributed by atoms with Gasteiger partial charge in [-0.05, 0) is 42.5 Å². The standard InChI is InChI=1S/C13H14N2/c14-8-11-6-12(11)10-4-3-9-2-1-5-15-13(9)7-10/h1-5,7,11-12H,6,8,14H2. The third kappa shape index (κ3) is 1.51. The first-order valence-corrected chi connectivity index (χ1v) is 5.43. The van der Waals surface area contributed by atoms with Gasteiger partial charge in [0, 0.05) is 11.6 Å². The zero-order valence-corrected chi connectivity index (χ0v) is 8.56. The quantitative estimate of drug-likeness (QED) is 0.804. The van der Waals surface area contributed by atoms with E-state index in [-0.39, 0.29) is 0 Å². The minimum absolute atomic E-state index is 0.682. The topological polar surface area (TPSA) is 38.9 Å². The Morgan fingerprint density at radius 2 is 2.27 bits per heavy atom. The molecule has 0 aliphatic heterocycles. The van der Waals surface area contributed by atoms with Crippen LogP contribution in [0.15, 0.2) is 36.5 Å². The summed E-state index contributed by atoms with van der Waals surface area (Å²) >= 11 is 0. The van der Waals surface area contributed by atoms with Crippen LogP contribution in [0.2, 0.25) is 0 Å². The second-order valence-electron chi connectivity index (χ2n) is 4.29. The van der Waals surface area contributed by atoms with Gasteiger partial charge in [-0.1, -0.05) is 18.2 Å². The Bertz CT molecular complexity index is 493. The van der Waals surface area contributed by atoms with Crippen molar-refractivity contribution < 1.29 is 0 Å². The van der Waals surface area contributed by atoms with Crippen LogP contribution >= 0.6 is 0 Å². The summed E-state index contributed by atoms with van der Waals surface area (Å²) in [5, 5.41) is 1.21. The molecule has 1 aliphatic carbocycles. The molecule has 0 spiro atoms. The molecule has 0 amide bonds. The van der Waals surface area contributed by atoms with Crippen LogP contribution in [0.5, 0.6) is 0 Å². The van der Waals surface area contributed by atoms with Gasteiger partial charge in [0.05, 0.1) is 5.52 Å². The lowest BCUT2D eigenvalue weighted by molar-refractivity contribution is 0.810. The normalized spacial score (nSPS) is 24.3. The van der Waals surface area contributed by atoms with E-state index >= 15 is 0 Å². The van der Waals surface area contributed by atoms with Gasteiger partial charge >= 0.3 is 0 Å². The van der Waals surface area contributed by atoms with Gasteiger partial charge in [0.1, 0.15) is 0 Å². The minimum Gasteiger partial charge on any atom is -0.330 e. The highest BCUT2D eigenvalue weighted by Gasteiger charge is 2.36. The average molecular weight is 198 g/mol. The molecular weight excluding hydrogens is 184 g/mol. The van der Waals surface area contributed by atoms with Crippen LogP contribution in [0.3, 0.4) is 0 Å². The molecule has 3 rings (SSSR count). The van der Waals surface area contributed by atoms with Gasteiger partial charge in [-0.15, -0.1) is 0 Å². The molecule has 2 nitrogen and oxygen atoms in total. The van der Waals surface area contributed by atoms with E-state index in [4.69, 9.17) is 5.73 Å². The van der Waals surface area contributed by atoms with E-state index < -0.39 is 0 Å². The maximum Gasteiger partial charge on any atom is 0.0704 e. The highest BCUT2D eigenvalue weighted by atomic mass is 14.6. The lowest BCUT2D eigenvalue weighted by atomic mass is 10.1. The van der Waals surface area contributed by atoms with Crippen molar-refractivity contribution in [2.45, 2.75) is 12.3 Å². The van der Waals surface area contributed by atoms with Crippen molar-refractivity contribution in [2.24, 2.45) is 11.7 Å². The largest absolute Gasteiger partial charge is 0.330 e. The molecule has 2 heteroatoms. The van der Waals surface area contributed by atoms with Crippen LogP contribution in [0.25, 0.3) is 10.9 Å². The zero-order chi connectivity index (χ0) is 10.3. The molecule has 15 heavy (non-hydrogen) atoms. The molecule has 2 unspecified atom stereocenters. The van der Waals surface area contributed by atoms with Crippen LogP contribution in [0.4, 0.5) is 0 Å². The fourth-order valence-corrected chi connectivity index (χ4v) is 2.23. The summed E-state index contributed by atoms with van der Waals surface area (Å²) in [6, 6.07) is 10.6. The van der Waals surface area contributed by atoms with Gasteiger partial charge < -0.3 is 5.73 Å². The Hall–Kier alpha value is -1.41. The number of pyridine rings is 1. The number of hydrogen-bond donors (Lipinski definition) is 1. The van der Waals surface area contributed by atoms with Gasteiger partial charge in [-0.2, -0.15) is 0 Å². The summed E-state index contributed by atoms with van der Waals surface area (Å²) in [6.07, 6.45) is 3.09. The van der Waals surface area contributed by atoms with E-state index in [1.165, 1.54) is 17.4 Å². The number of rotatable bonds is 2. The second kappa shape index (κ2) is 3.31. The van der Waals surface area contributed by atoms with Gasteiger partial charge in [0.25, 0.3) is 0 Å². The molecule has 0 saturated heterocycles. The molecule has 2 aromatic rings. The first-order chi connectivity index (χ1) is 7.38. The van der Waals surface area contributed by atoms with E-state index in [9.17, 15) is 0 Å². The highest BCUT2D eigenvalue weighted by molar-refractivity contribution is 5.79. The van der Waals surface area contributed by atoms with Crippen LogP contribution < -0.4 is 5.73 Å².